The SMILES string of the molecule is CN=C(NCCOc1ccccc1)NCCc1ccc(OCC(=O)NC2CC2)cc1.I. The lowest BCUT2D eigenvalue weighted by atomic mass is 10.1. The Morgan fingerprint density at radius 2 is 1.65 bits per heavy atom. The lowest BCUT2D eigenvalue weighted by Gasteiger charge is -2.13. The number of benzene rings is 2. The Balaban J connectivity index is 0.00000341. The van der Waals surface area contributed by atoms with Crippen molar-refractivity contribution < 1.29 is 14.3 Å². The largest absolute Gasteiger partial charge is 0.492 e. The van der Waals surface area contributed by atoms with E-state index in [2.05, 4.69) is 20.9 Å². The van der Waals surface area contributed by atoms with E-state index in [1.54, 1.807) is 7.05 Å². The van der Waals surface area contributed by atoms with Gasteiger partial charge in [-0.05, 0) is 49.1 Å². The van der Waals surface area contributed by atoms with Crippen LogP contribution in [0.25, 0.3) is 0 Å². The molecule has 3 N–H and O–H groups in total. The van der Waals surface area contributed by atoms with Crippen LogP contribution in [0.3, 0.4) is 0 Å². The van der Waals surface area contributed by atoms with Crippen molar-refractivity contribution in [3.05, 3.63) is 60.2 Å². The highest BCUT2D eigenvalue weighted by Crippen LogP contribution is 2.18. The fraction of sp³-hybridized carbons (Fsp3) is 0.391. The molecule has 0 atom stereocenters. The molecule has 31 heavy (non-hydrogen) atoms. The normalized spacial score (nSPS) is 13.0. The lowest BCUT2D eigenvalue weighted by Crippen LogP contribution is -2.40. The van der Waals surface area contributed by atoms with Crippen molar-refractivity contribution >= 4 is 35.8 Å². The van der Waals surface area contributed by atoms with Crippen LogP contribution in [-0.2, 0) is 11.2 Å². The summed E-state index contributed by atoms with van der Waals surface area (Å²) in [6.07, 6.45) is 3.01. The number of hydrogen-bond donors (Lipinski definition) is 3. The molecule has 168 valence electrons. The van der Waals surface area contributed by atoms with Crippen LogP contribution in [0.5, 0.6) is 11.5 Å². The van der Waals surface area contributed by atoms with Gasteiger partial charge >= 0.3 is 0 Å². The minimum atomic E-state index is -0.0566. The van der Waals surface area contributed by atoms with E-state index in [1.165, 1.54) is 5.56 Å². The molecule has 1 aliphatic carbocycles. The number of halogens is 1. The molecule has 1 saturated carbocycles. The number of carbonyl (C=O) groups excluding carboxylic acids is 1. The molecule has 7 nitrogen and oxygen atoms in total. The van der Waals surface area contributed by atoms with Crippen molar-refractivity contribution in [2.45, 2.75) is 25.3 Å². The predicted molar refractivity (Wildman–Crippen MR) is 134 cm³/mol. The molecule has 3 rings (SSSR count). The smallest absolute Gasteiger partial charge is 0.258 e. The van der Waals surface area contributed by atoms with E-state index < -0.39 is 0 Å². The van der Waals surface area contributed by atoms with E-state index >= 15 is 0 Å². The molecule has 0 heterocycles. The van der Waals surface area contributed by atoms with Crippen molar-refractivity contribution in [3.8, 4) is 11.5 Å². The Kier molecular flexibility index (Phi) is 11.0. The number of guanidine groups is 1. The maximum Gasteiger partial charge on any atom is 0.258 e. The Labute approximate surface area is 201 Å². The fourth-order valence-electron chi connectivity index (χ4n) is 2.80. The average molecular weight is 538 g/mol. The van der Waals surface area contributed by atoms with E-state index in [0.29, 0.717) is 24.9 Å². The second-order valence-corrected chi connectivity index (χ2v) is 7.11. The first kappa shape index (κ1) is 24.8. The molecule has 0 bridgehead atoms. The molecular weight excluding hydrogens is 507 g/mol. The summed E-state index contributed by atoms with van der Waals surface area (Å²) in [5.74, 6) is 2.25. The van der Waals surface area contributed by atoms with Crippen LogP contribution >= 0.6 is 24.0 Å². The van der Waals surface area contributed by atoms with Crippen LogP contribution in [-0.4, -0.2) is 51.3 Å². The molecule has 8 heteroatoms. The summed E-state index contributed by atoms with van der Waals surface area (Å²) in [6.45, 7) is 2.04. The highest BCUT2D eigenvalue weighted by molar-refractivity contribution is 14.0. The maximum absolute atomic E-state index is 11.7. The quantitative estimate of drug-likeness (QED) is 0.178. The first-order chi connectivity index (χ1) is 14.7. The molecule has 1 aliphatic rings. The Morgan fingerprint density at radius 1 is 0.968 bits per heavy atom. The Hall–Kier alpha value is -2.49. The van der Waals surface area contributed by atoms with Gasteiger partial charge in [-0.15, -0.1) is 24.0 Å². The summed E-state index contributed by atoms with van der Waals surface area (Å²) in [5.41, 5.74) is 1.18. The zero-order valence-electron chi connectivity index (χ0n) is 17.8. The minimum absolute atomic E-state index is 0. The van der Waals surface area contributed by atoms with Gasteiger partial charge in [-0.2, -0.15) is 0 Å². The average Bonchev–Trinajstić information content (AvgIpc) is 3.59. The van der Waals surface area contributed by atoms with E-state index in [0.717, 1.165) is 37.5 Å². The molecule has 2 aromatic rings. The zero-order valence-corrected chi connectivity index (χ0v) is 20.1. The number of rotatable bonds is 11. The number of carbonyl (C=O) groups is 1. The molecule has 1 amide bonds. The Morgan fingerprint density at radius 3 is 2.32 bits per heavy atom. The summed E-state index contributed by atoms with van der Waals surface area (Å²) >= 11 is 0. The third-order valence-electron chi connectivity index (χ3n) is 4.57. The summed E-state index contributed by atoms with van der Waals surface area (Å²) in [5, 5.41) is 9.44. The van der Waals surface area contributed by atoms with Crippen molar-refractivity contribution in [2.75, 3.05) is 33.4 Å². The molecule has 0 spiro atoms. The Bertz CT molecular complexity index is 811. The van der Waals surface area contributed by atoms with Gasteiger partial charge < -0.3 is 25.4 Å². The molecule has 0 saturated heterocycles. The van der Waals surface area contributed by atoms with Crippen LogP contribution in [0.4, 0.5) is 0 Å². The number of ether oxygens (including phenoxy) is 2. The third-order valence-corrected chi connectivity index (χ3v) is 4.57. The lowest BCUT2D eigenvalue weighted by molar-refractivity contribution is -0.123. The van der Waals surface area contributed by atoms with Crippen LogP contribution < -0.4 is 25.4 Å². The monoisotopic (exact) mass is 538 g/mol. The van der Waals surface area contributed by atoms with E-state index in [1.807, 2.05) is 54.6 Å². The van der Waals surface area contributed by atoms with Gasteiger partial charge in [0.25, 0.3) is 5.91 Å². The van der Waals surface area contributed by atoms with E-state index in [4.69, 9.17) is 9.47 Å². The van der Waals surface area contributed by atoms with E-state index in [-0.39, 0.29) is 36.5 Å². The zero-order chi connectivity index (χ0) is 21.0. The van der Waals surface area contributed by atoms with Crippen LogP contribution in [0.2, 0.25) is 0 Å². The van der Waals surface area contributed by atoms with Crippen LogP contribution in [0.1, 0.15) is 18.4 Å². The predicted octanol–water partition coefficient (Wildman–Crippen LogP) is 2.75. The van der Waals surface area contributed by atoms with Crippen molar-refractivity contribution in [2.24, 2.45) is 4.99 Å². The van der Waals surface area contributed by atoms with Gasteiger partial charge in [0.2, 0.25) is 0 Å². The molecular formula is C23H31IN4O3. The fourth-order valence-corrected chi connectivity index (χ4v) is 2.80. The summed E-state index contributed by atoms with van der Waals surface area (Å²) < 4.78 is 11.2. The molecule has 0 aromatic heterocycles. The number of para-hydroxylation sites is 1. The highest BCUT2D eigenvalue weighted by Gasteiger charge is 2.23. The maximum atomic E-state index is 11.7. The highest BCUT2D eigenvalue weighted by atomic mass is 127. The second-order valence-electron chi connectivity index (χ2n) is 7.11. The third kappa shape index (κ3) is 9.91. The number of aliphatic imine (C=N–C) groups is 1. The van der Waals surface area contributed by atoms with Crippen molar-refractivity contribution in [1.82, 2.24) is 16.0 Å². The van der Waals surface area contributed by atoms with Gasteiger partial charge in [0.15, 0.2) is 12.6 Å². The number of nitrogens with zero attached hydrogens (tertiary/aromatic N) is 1. The van der Waals surface area contributed by atoms with Gasteiger partial charge in [0.05, 0.1) is 6.54 Å². The summed E-state index contributed by atoms with van der Waals surface area (Å²) in [6, 6.07) is 17.9. The second kappa shape index (κ2) is 13.7. The number of hydrogen-bond acceptors (Lipinski definition) is 4. The van der Waals surface area contributed by atoms with Crippen LogP contribution in [0.15, 0.2) is 59.6 Å². The molecule has 2 aromatic carbocycles. The standard InChI is InChI=1S/C23H30N4O3.HI/c1-24-23(26-15-16-29-20-5-3-2-4-6-20)25-14-13-18-7-11-21(12-8-18)30-17-22(28)27-19-9-10-19;/h2-8,11-12,19H,9-10,13-17H2,1H3,(H,27,28)(H2,24,25,26);1H. The first-order valence-electron chi connectivity index (χ1n) is 10.4. The summed E-state index contributed by atoms with van der Waals surface area (Å²) in [7, 11) is 1.75. The molecule has 1 fully saturated rings. The van der Waals surface area contributed by atoms with Crippen molar-refractivity contribution in [1.29, 1.82) is 0 Å². The van der Waals surface area contributed by atoms with Gasteiger partial charge in [-0.1, -0.05) is 30.3 Å². The van der Waals surface area contributed by atoms with Gasteiger partial charge in [0.1, 0.15) is 18.1 Å². The first-order valence-corrected chi connectivity index (χ1v) is 10.4. The van der Waals surface area contributed by atoms with Gasteiger partial charge in [0, 0.05) is 19.6 Å². The molecule has 0 unspecified atom stereocenters. The number of amides is 1. The summed E-state index contributed by atoms with van der Waals surface area (Å²) in [4.78, 5) is 15.9. The van der Waals surface area contributed by atoms with Gasteiger partial charge in [-0.3, -0.25) is 9.79 Å². The van der Waals surface area contributed by atoms with Crippen molar-refractivity contribution in [3.63, 3.8) is 0 Å². The minimum Gasteiger partial charge on any atom is -0.492 e. The van der Waals surface area contributed by atoms with E-state index in [9.17, 15) is 4.79 Å². The topological polar surface area (TPSA) is 84.0 Å². The van der Waals surface area contributed by atoms with Crippen LogP contribution in [0, 0.1) is 0 Å². The number of nitrogens with one attached hydrogen (secondary N) is 3. The molecule has 0 radical (unpaired) electrons. The molecule has 0 aliphatic heterocycles. The van der Waals surface area contributed by atoms with Gasteiger partial charge in [-0.25, -0.2) is 0 Å².